The number of nitrogens with zero attached hydrogens (tertiary/aromatic N) is 1. The molecule has 4 N–H and O–H groups in total. The van der Waals surface area contributed by atoms with E-state index in [1.165, 1.54) is 12.8 Å². The molecule has 1 rings (SSSR count). The van der Waals surface area contributed by atoms with Crippen LogP contribution < -0.4 is 11.1 Å². The van der Waals surface area contributed by atoms with Gasteiger partial charge in [-0.15, -0.1) is 0 Å². The fourth-order valence-corrected chi connectivity index (χ4v) is 2.77. The maximum atomic E-state index is 12.4. The van der Waals surface area contributed by atoms with Gasteiger partial charge >= 0.3 is 0 Å². The molecule has 0 unspecified atom stereocenters. The third-order valence-electron chi connectivity index (χ3n) is 4.06. The Balaban J connectivity index is 2.53. The first-order valence-corrected chi connectivity index (χ1v) is 7.43. The first-order valence-electron chi connectivity index (χ1n) is 7.43. The van der Waals surface area contributed by atoms with Gasteiger partial charge in [0.15, 0.2) is 5.84 Å². The molecule has 5 nitrogen and oxygen atoms in total. The summed E-state index contributed by atoms with van der Waals surface area (Å²) in [6.07, 6.45) is 8.90. The molecule has 1 aliphatic rings. The van der Waals surface area contributed by atoms with Gasteiger partial charge in [0.2, 0.25) is 5.91 Å². The summed E-state index contributed by atoms with van der Waals surface area (Å²) in [5.74, 6) is -0.00254. The Bertz CT molecular complexity index is 310. The maximum Gasteiger partial charge on any atom is 0.233 e. The van der Waals surface area contributed by atoms with E-state index in [2.05, 4.69) is 17.4 Å². The average Bonchev–Trinajstić information content (AvgIpc) is 2.46. The minimum absolute atomic E-state index is 0.0678. The Kier molecular flexibility index (Phi) is 6.67. The third kappa shape index (κ3) is 4.11. The van der Waals surface area contributed by atoms with Crippen molar-refractivity contribution in [3.05, 3.63) is 0 Å². The van der Waals surface area contributed by atoms with Crippen LogP contribution in [0.1, 0.15) is 64.7 Å². The van der Waals surface area contributed by atoms with Gasteiger partial charge in [-0.1, -0.05) is 50.6 Å². The Hall–Kier alpha value is -1.26. The van der Waals surface area contributed by atoms with Gasteiger partial charge in [0.25, 0.3) is 0 Å². The number of amides is 1. The van der Waals surface area contributed by atoms with Crippen LogP contribution in [0.15, 0.2) is 5.16 Å². The first-order chi connectivity index (χ1) is 9.17. The second-order valence-corrected chi connectivity index (χ2v) is 5.44. The van der Waals surface area contributed by atoms with Gasteiger partial charge in [-0.2, -0.15) is 0 Å². The molecule has 0 aromatic heterocycles. The fourth-order valence-electron chi connectivity index (χ4n) is 2.77. The second kappa shape index (κ2) is 8.02. The van der Waals surface area contributed by atoms with E-state index >= 15 is 0 Å². The first kappa shape index (κ1) is 15.8. The zero-order valence-corrected chi connectivity index (χ0v) is 12.0. The van der Waals surface area contributed by atoms with Crippen molar-refractivity contribution < 1.29 is 10.0 Å². The zero-order chi connectivity index (χ0) is 14.1. The summed E-state index contributed by atoms with van der Waals surface area (Å²) >= 11 is 0. The number of carbonyl (C=O) groups excluding carboxylic acids is 1. The van der Waals surface area contributed by atoms with Gasteiger partial charge < -0.3 is 16.3 Å². The van der Waals surface area contributed by atoms with E-state index in [1.54, 1.807) is 0 Å². The minimum Gasteiger partial charge on any atom is -0.409 e. The van der Waals surface area contributed by atoms with Crippen LogP contribution in [-0.4, -0.2) is 23.5 Å². The van der Waals surface area contributed by atoms with Crippen LogP contribution in [-0.2, 0) is 4.79 Å². The Labute approximate surface area is 115 Å². The summed E-state index contributed by atoms with van der Waals surface area (Å²) in [5, 5.41) is 15.0. The molecule has 0 saturated heterocycles. The highest BCUT2D eigenvalue weighted by Crippen LogP contribution is 2.36. The van der Waals surface area contributed by atoms with Gasteiger partial charge in [0.1, 0.15) is 5.41 Å². The number of nitrogens with one attached hydrogen (secondary N) is 1. The normalized spacial score (nSPS) is 19.1. The van der Waals surface area contributed by atoms with Gasteiger partial charge in [0, 0.05) is 6.54 Å². The number of nitrogens with two attached hydrogens (primary N) is 1. The standard InChI is InChI=1S/C14H27N3O2/c1-2-3-4-8-11-16-13(18)14(12(15)17-19)9-6-5-7-10-14/h19H,2-11H2,1H3,(H2,15,17)(H,16,18). The molecule has 1 amide bonds. The molecule has 0 aromatic carbocycles. The van der Waals surface area contributed by atoms with Crippen molar-refractivity contribution in [2.24, 2.45) is 16.3 Å². The van der Waals surface area contributed by atoms with Crippen LogP contribution in [0.2, 0.25) is 0 Å². The molecule has 1 aliphatic carbocycles. The lowest BCUT2D eigenvalue weighted by molar-refractivity contribution is -0.129. The van der Waals surface area contributed by atoms with E-state index in [4.69, 9.17) is 10.9 Å². The summed E-state index contributed by atoms with van der Waals surface area (Å²) in [6, 6.07) is 0. The quantitative estimate of drug-likeness (QED) is 0.218. The van der Waals surface area contributed by atoms with Crippen LogP contribution in [0.5, 0.6) is 0 Å². The molecule has 0 bridgehead atoms. The predicted molar refractivity (Wildman–Crippen MR) is 76.1 cm³/mol. The highest BCUT2D eigenvalue weighted by molar-refractivity contribution is 6.06. The summed E-state index contributed by atoms with van der Waals surface area (Å²) in [7, 11) is 0. The van der Waals surface area contributed by atoms with E-state index in [0.29, 0.717) is 19.4 Å². The lowest BCUT2D eigenvalue weighted by atomic mass is 9.72. The molecule has 110 valence electrons. The van der Waals surface area contributed by atoms with E-state index in [0.717, 1.165) is 32.1 Å². The third-order valence-corrected chi connectivity index (χ3v) is 4.06. The van der Waals surface area contributed by atoms with Crippen LogP contribution in [0.25, 0.3) is 0 Å². The number of carbonyl (C=O) groups is 1. The molecule has 5 heteroatoms. The largest absolute Gasteiger partial charge is 0.409 e. The highest BCUT2D eigenvalue weighted by atomic mass is 16.4. The van der Waals surface area contributed by atoms with E-state index < -0.39 is 5.41 Å². The average molecular weight is 269 g/mol. The number of amidine groups is 1. The van der Waals surface area contributed by atoms with Crippen LogP contribution >= 0.6 is 0 Å². The second-order valence-electron chi connectivity index (χ2n) is 5.44. The lowest BCUT2D eigenvalue weighted by Gasteiger charge is -2.34. The molecule has 0 aliphatic heterocycles. The van der Waals surface area contributed by atoms with Crippen molar-refractivity contribution in [2.75, 3.05) is 6.54 Å². The molecule has 0 aromatic rings. The van der Waals surface area contributed by atoms with Gasteiger partial charge in [0.05, 0.1) is 0 Å². The lowest BCUT2D eigenvalue weighted by Crippen LogP contribution is -2.51. The number of rotatable bonds is 7. The van der Waals surface area contributed by atoms with Crippen molar-refractivity contribution in [2.45, 2.75) is 64.7 Å². The maximum absolute atomic E-state index is 12.4. The van der Waals surface area contributed by atoms with Crippen LogP contribution in [0, 0.1) is 5.41 Å². The molecule has 0 radical (unpaired) electrons. The Morgan fingerprint density at radius 1 is 1.26 bits per heavy atom. The van der Waals surface area contributed by atoms with Crippen molar-refractivity contribution in [1.82, 2.24) is 5.32 Å². The van der Waals surface area contributed by atoms with E-state index in [1.807, 2.05) is 0 Å². The molecule has 0 heterocycles. The van der Waals surface area contributed by atoms with Crippen molar-refractivity contribution in [3.8, 4) is 0 Å². The summed E-state index contributed by atoms with van der Waals surface area (Å²) in [4.78, 5) is 12.4. The monoisotopic (exact) mass is 269 g/mol. The fraction of sp³-hybridized carbons (Fsp3) is 0.857. The van der Waals surface area contributed by atoms with Gasteiger partial charge in [-0.3, -0.25) is 4.79 Å². The molecular formula is C14H27N3O2. The number of oxime groups is 1. The number of hydrogen-bond donors (Lipinski definition) is 3. The topological polar surface area (TPSA) is 87.7 Å². The van der Waals surface area contributed by atoms with Gasteiger partial charge in [-0.05, 0) is 19.3 Å². The number of hydrogen-bond acceptors (Lipinski definition) is 3. The smallest absolute Gasteiger partial charge is 0.233 e. The van der Waals surface area contributed by atoms with Crippen molar-refractivity contribution >= 4 is 11.7 Å². The molecule has 19 heavy (non-hydrogen) atoms. The van der Waals surface area contributed by atoms with E-state index in [9.17, 15) is 4.79 Å². The minimum atomic E-state index is -0.780. The Morgan fingerprint density at radius 3 is 2.53 bits per heavy atom. The number of unbranched alkanes of at least 4 members (excludes halogenated alkanes) is 3. The van der Waals surface area contributed by atoms with Gasteiger partial charge in [-0.25, -0.2) is 0 Å². The molecule has 1 saturated carbocycles. The molecule has 0 spiro atoms. The van der Waals surface area contributed by atoms with E-state index in [-0.39, 0.29) is 11.7 Å². The summed E-state index contributed by atoms with van der Waals surface area (Å²) in [6.45, 7) is 2.84. The summed E-state index contributed by atoms with van der Waals surface area (Å²) < 4.78 is 0. The zero-order valence-electron chi connectivity index (χ0n) is 12.0. The SMILES string of the molecule is CCCCCCNC(=O)C1(C(N)=NO)CCCCC1. The molecule has 0 atom stereocenters. The van der Waals surface area contributed by atoms with Crippen molar-refractivity contribution in [1.29, 1.82) is 0 Å². The van der Waals surface area contributed by atoms with Crippen LogP contribution in [0.3, 0.4) is 0 Å². The van der Waals surface area contributed by atoms with Crippen LogP contribution in [0.4, 0.5) is 0 Å². The summed E-state index contributed by atoms with van der Waals surface area (Å²) in [5.41, 5.74) is 4.99. The predicted octanol–water partition coefficient (Wildman–Crippen LogP) is 2.38. The molecular weight excluding hydrogens is 242 g/mol. The Morgan fingerprint density at radius 2 is 1.95 bits per heavy atom. The molecule has 1 fully saturated rings. The van der Waals surface area contributed by atoms with Crippen molar-refractivity contribution in [3.63, 3.8) is 0 Å². The highest BCUT2D eigenvalue weighted by Gasteiger charge is 2.43.